The Labute approximate surface area is 180 Å². The fraction of sp³-hybridized carbons (Fsp3) is 0.682. The summed E-state index contributed by atoms with van der Waals surface area (Å²) < 4.78 is 19.8. The Bertz CT molecular complexity index is 762. The molecule has 7 heteroatoms. The van der Waals surface area contributed by atoms with Gasteiger partial charge in [-0.25, -0.2) is 9.18 Å². The third-order valence-electron chi connectivity index (χ3n) is 6.11. The molecule has 160 valence electrons. The van der Waals surface area contributed by atoms with Gasteiger partial charge < -0.3 is 14.7 Å². The van der Waals surface area contributed by atoms with E-state index >= 15 is 0 Å². The maximum absolute atomic E-state index is 14.9. The number of ether oxygens (including phenoxy) is 1. The standard InChI is InChI=1S/C22H30FNO3S2/c1-20(2,3)27-19(25)24-15-9-10-16(24)14-21(26,13-15)22(28-11-6-12-29-22)17-7-4-5-8-18(17)23/h4-5,7-8,15-16,26H,6,9-14H2,1-3H3/t15-,16+,21?. The van der Waals surface area contributed by atoms with Gasteiger partial charge in [-0.2, -0.15) is 0 Å². The Morgan fingerprint density at radius 2 is 1.76 bits per heavy atom. The first-order chi connectivity index (χ1) is 13.7. The summed E-state index contributed by atoms with van der Waals surface area (Å²) in [6.45, 7) is 5.61. The van der Waals surface area contributed by atoms with E-state index in [1.807, 2.05) is 37.8 Å². The molecule has 3 saturated heterocycles. The molecule has 1 aromatic rings. The summed E-state index contributed by atoms with van der Waals surface area (Å²) in [6, 6.07) is 6.72. The number of piperidine rings is 1. The Kier molecular flexibility index (Phi) is 5.62. The number of amides is 1. The van der Waals surface area contributed by atoms with E-state index in [-0.39, 0.29) is 24.0 Å². The lowest BCUT2D eigenvalue weighted by atomic mass is 9.80. The summed E-state index contributed by atoms with van der Waals surface area (Å²) in [5.74, 6) is 1.54. The summed E-state index contributed by atoms with van der Waals surface area (Å²) in [6.07, 6.45) is 3.38. The van der Waals surface area contributed by atoms with Gasteiger partial charge in [-0.15, -0.1) is 23.5 Å². The molecule has 1 aromatic carbocycles. The summed E-state index contributed by atoms with van der Waals surface area (Å²) in [4.78, 5) is 14.7. The van der Waals surface area contributed by atoms with E-state index in [4.69, 9.17) is 4.74 Å². The highest BCUT2D eigenvalue weighted by molar-refractivity contribution is 8.18. The number of carbonyl (C=O) groups is 1. The van der Waals surface area contributed by atoms with Gasteiger partial charge in [-0.1, -0.05) is 18.2 Å². The van der Waals surface area contributed by atoms with Crippen molar-refractivity contribution in [2.75, 3.05) is 11.5 Å². The molecular weight excluding hydrogens is 409 g/mol. The molecule has 29 heavy (non-hydrogen) atoms. The Hall–Kier alpha value is -0.920. The van der Waals surface area contributed by atoms with Crippen LogP contribution >= 0.6 is 23.5 Å². The summed E-state index contributed by atoms with van der Waals surface area (Å²) in [7, 11) is 0. The maximum atomic E-state index is 14.9. The van der Waals surface area contributed by atoms with Crippen LogP contribution in [0.15, 0.2) is 24.3 Å². The number of nitrogens with zero attached hydrogens (tertiary/aromatic N) is 1. The number of aliphatic hydroxyl groups is 1. The van der Waals surface area contributed by atoms with E-state index in [0.29, 0.717) is 18.4 Å². The zero-order chi connectivity index (χ0) is 20.9. The van der Waals surface area contributed by atoms with Crippen LogP contribution < -0.4 is 0 Å². The lowest BCUT2D eigenvalue weighted by molar-refractivity contribution is -0.0659. The molecule has 0 radical (unpaired) electrons. The van der Waals surface area contributed by atoms with Crippen LogP contribution in [-0.4, -0.2) is 50.9 Å². The molecule has 0 saturated carbocycles. The van der Waals surface area contributed by atoms with Gasteiger partial charge in [0.2, 0.25) is 0 Å². The van der Waals surface area contributed by atoms with E-state index in [1.54, 1.807) is 29.6 Å². The average molecular weight is 440 g/mol. The molecule has 3 aliphatic rings. The van der Waals surface area contributed by atoms with E-state index in [2.05, 4.69) is 0 Å². The zero-order valence-corrected chi connectivity index (χ0v) is 19.0. The molecule has 0 aliphatic carbocycles. The lowest BCUT2D eigenvalue weighted by Crippen LogP contribution is -2.60. The minimum Gasteiger partial charge on any atom is -0.444 e. The van der Waals surface area contributed by atoms with Crippen LogP contribution in [0.3, 0.4) is 0 Å². The number of fused-ring (bicyclic) bond motifs is 2. The van der Waals surface area contributed by atoms with Crippen molar-refractivity contribution >= 4 is 29.6 Å². The smallest absolute Gasteiger partial charge is 0.410 e. The number of carbonyl (C=O) groups excluding carboxylic acids is 1. The van der Waals surface area contributed by atoms with Crippen molar-refractivity contribution in [1.82, 2.24) is 4.90 Å². The molecular formula is C22H30FNO3S2. The number of rotatable bonds is 2. The Balaban J connectivity index is 1.66. The fourth-order valence-electron chi connectivity index (χ4n) is 5.04. The third kappa shape index (κ3) is 3.79. The lowest BCUT2D eigenvalue weighted by Gasteiger charge is -2.54. The van der Waals surface area contributed by atoms with Crippen molar-refractivity contribution in [3.8, 4) is 0 Å². The van der Waals surface area contributed by atoms with Crippen LogP contribution in [0, 0.1) is 5.82 Å². The van der Waals surface area contributed by atoms with Gasteiger partial charge in [0.15, 0.2) is 0 Å². The molecule has 1 N–H and O–H groups in total. The number of benzene rings is 1. The predicted molar refractivity (Wildman–Crippen MR) is 117 cm³/mol. The first-order valence-electron chi connectivity index (χ1n) is 10.4. The van der Waals surface area contributed by atoms with Crippen LogP contribution in [-0.2, 0) is 8.82 Å². The minimum absolute atomic E-state index is 0.0691. The van der Waals surface area contributed by atoms with E-state index in [1.165, 1.54) is 6.07 Å². The van der Waals surface area contributed by atoms with Crippen molar-refractivity contribution in [2.24, 2.45) is 0 Å². The van der Waals surface area contributed by atoms with Crippen molar-refractivity contribution in [1.29, 1.82) is 0 Å². The summed E-state index contributed by atoms with van der Waals surface area (Å²) in [5.41, 5.74) is -1.04. The highest BCUT2D eigenvalue weighted by Gasteiger charge is 2.61. The predicted octanol–water partition coefficient (Wildman–Crippen LogP) is 5.14. The third-order valence-corrected chi connectivity index (χ3v) is 9.82. The molecule has 3 heterocycles. The second kappa shape index (κ2) is 7.65. The van der Waals surface area contributed by atoms with Crippen LogP contribution in [0.5, 0.6) is 0 Å². The normalized spacial score (nSPS) is 31.6. The van der Waals surface area contributed by atoms with Gasteiger partial charge in [0.1, 0.15) is 15.5 Å². The fourth-order valence-corrected chi connectivity index (χ4v) is 8.72. The molecule has 2 bridgehead atoms. The van der Waals surface area contributed by atoms with Gasteiger partial charge in [0, 0.05) is 17.6 Å². The molecule has 3 aliphatic heterocycles. The minimum atomic E-state index is -1.07. The summed E-state index contributed by atoms with van der Waals surface area (Å²) >= 11 is 3.35. The Morgan fingerprint density at radius 3 is 2.31 bits per heavy atom. The molecule has 3 atom stereocenters. The van der Waals surface area contributed by atoms with Crippen LogP contribution in [0.2, 0.25) is 0 Å². The number of hydrogen-bond acceptors (Lipinski definition) is 5. The van der Waals surface area contributed by atoms with Gasteiger partial charge in [-0.05, 0) is 70.4 Å². The first kappa shape index (κ1) is 21.3. The second-order valence-corrected chi connectivity index (χ2v) is 12.2. The molecule has 4 rings (SSSR count). The average Bonchev–Trinajstić information content (AvgIpc) is 2.93. The van der Waals surface area contributed by atoms with Crippen molar-refractivity contribution in [3.63, 3.8) is 0 Å². The van der Waals surface area contributed by atoms with E-state index in [0.717, 1.165) is 30.8 Å². The molecule has 3 fully saturated rings. The number of thioether (sulfide) groups is 2. The quantitative estimate of drug-likeness (QED) is 0.691. The Morgan fingerprint density at radius 1 is 1.17 bits per heavy atom. The molecule has 0 spiro atoms. The monoisotopic (exact) mass is 439 g/mol. The first-order valence-corrected chi connectivity index (χ1v) is 12.4. The van der Waals surface area contributed by atoms with Gasteiger partial charge >= 0.3 is 6.09 Å². The van der Waals surface area contributed by atoms with Crippen LogP contribution in [0.4, 0.5) is 9.18 Å². The molecule has 1 amide bonds. The SMILES string of the molecule is CC(C)(C)OC(=O)N1[C@@H]2CC[C@H]1CC(O)(C1(c3ccccc3F)SCCCS1)C2. The second-order valence-electron chi connectivity index (χ2n) is 9.36. The summed E-state index contributed by atoms with van der Waals surface area (Å²) in [5, 5.41) is 12.1. The van der Waals surface area contributed by atoms with Gasteiger partial charge in [-0.3, -0.25) is 0 Å². The van der Waals surface area contributed by atoms with Gasteiger partial charge in [0.25, 0.3) is 0 Å². The largest absolute Gasteiger partial charge is 0.444 e. The zero-order valence-electron chi connectivity index (χ0n) is 17.3. The number of hydrogen-bond donors (Lipinski definition) is 1. The van der Waals surface area contributed by atoms with Gasteiger partial charge in [0.05, 0.1) is 5.60 Å². The van der Waals surface area contributed by atoms with Crippen LogP contribution in [0.1, 0.15) is 58.4 Å². The van der Waals surface area contributed by atoms with E-state index in [9.17, 15) is 14.3 Å². The molecule has 0 aromatic heterocycles. The molecule has 4 nitrogen and oxygen atoms in total. The highest BCUT2D eigenvalue weighted by atomic mass is 32.2. The van der Waals surface area contributed by atoms with Crippen molar-refractivity contribution < 1.29 is 19.0 Å². The highest BCUT2D eigenvalue weighted by Crippen LogP contribution is 2.62. The maximum Gasteiger partial charge on any atom is 0.410 e. The molecule has 1 unspecified atom stereocenters. The van der Waals surface area contributed by atoms with Crippen molar-refractivity contribution in [2.45, 2.75) is 80.2 Å². The van der Waals surface area contributed by atoms with Crippen LogP contribution in [0.25, 0.3) is 0 Å². The van der Waals surface area contributed by atoms with E-state index < -0.39 is 15.3 Å². The topological polar surface area (TPSA) is 49.8 Å². The number of halogens is 1. The van der Waals surface area contributed by atoms with Crippen molar-refractivity contribution in [3.05, 3.63) is 35.6 Å².